The Morgan fingerprint density at radius 2 is 2.24 bits per heavy atom. The summed E-state index contributed by atoms with van der Waals surface area (Å²) in [5.41, 5.74) is -0.0971. The highest BCUT2D eigenvalue weighted by molar-refractivity contribution is 6.31. The van der Waals surface area contributed by atoms with Crippen LogP contribution in [-0.2, 0) is 0 Å². The average Bonchev–Trinajstić information content (AvgIpc) is 3.06. The van der Waals surface area contributed by atoms with Gasteiger partial charge < -0.3 is 4.74 Å². The number of ether oxygens (including phenoxy) is 1. The minimum atomic E-state index is -0.584. The molecule has 3 aliphatic rings. The third kappa shape index (κ3) is 1.61. The lowest BCUT2D eigenvalue weighted by Gasteiger charge is -2.15. The Morgan fingerprint density at radius 3 is 3.00 bits per heavy atom. The first-order valence-corrected chi connectivity index (χ1v) is 6.95. The molecule has 2 aliphatic carbocycles. The van der Waals surface area contributed by atoms with Crippen LogP contribution in [0.5, 0.6) is 5.75 Å². The molecule has 0 amide bonds. The predicted molar refractivity (Wildman–Crippen MR) is 75.0 cm³/mol. The maximum atomic E-state index is 12.6. The Kier molecular flexibility index (Phi) is 2.37. The summed E-state index contributed by atoms with van der Waals surface area (Å²) in [6.45, 7) is 0. The van der Waals surface area contributed by atoms with Crippen LogP contribution in [0, 0.1) is 21.4 Å². The van der Waals surface area contributed by atoms with Gasteiger partial charge in [-0.25, -0.2) is 0 Å². The molecular weight excluding hydrogens is 294 g/mol. The van der Waals surface area contributed by atoms with Gasteiger partial charge in [-0.2, -0.15) is 0 Å². The number of hydrogen-bond donors (Lipinski definition) is 0. The lowest BCUT2D eigenvalue weighted by atomic mass is 9.91. The molecule has 4 rings (SSSR count). The second kappa shape index (κ2) is 3.95. The number of carbonyl (C=O) groups is 1. The standard InChI is InChI=1S/C15H10ClNO4/c16-8-3-4-11-10(6-8)13(18)12-14(21-11)15(12)5-1-2-9(7-15)17(19)20/h1-4,6-7,12,14H,5H2/t12-,14+,15?/m0/s1. The van der Waals surface area contributed by atoms with Gasteiger partial charge in [0.25, 0.3) is 5.70 Å². The first-order chi connectivity index (χ1) is 10.0. The molecule has 1 saturated carbocycles. The van der Waals surface area contributed by atoms with E-state index in [1.54, 1.807) is 30.4 Å². The molecular formula is C15H10ClNO4. The normalized spacial score (nSPS) is 32.0. The van der Waals surface area contributed by atoms with Crippen LogP contribution in [-0.4, -0.2) is 16.8 Å². The fraction of sp³-hybridized carbons (Fsp3) is 0.267. The van der Waals surface area contributed by atoms with Gasteiger partial charge in [0.1, 0.15) is 11.9 Å². The molecule has 0 radical (unpaired) electrons. The summed E-state index contributed by atoms with van der Waals surface area (Å²) in [6.07, 6.45) is 5.05. The number of ketones is 1. The van der Waals surface area contributed by atoms with Gasteiger partial charge in [-0.15, -0.1) is 0 Å². The number of carbonyl (C=O) groups excluding carboxylic acids is 1. The van der Waals surface area contributed by atoms with Crippen molar-refractivity contribution in [2.45, 2.75) is 12.5 Å². The van der Waals surface area contributed by atoms with E-state index in [2.05, 4.69) is 0 Å². The van der Waals surface area contributed by atoms with E-state index >= 15 is 0 Å². The summed E-state index contributed by atoms with van der Waals surface area (Å²) < 4.78 is 5.87. The molecule has 3 atom stereocenters. The van der Waals surface area contributed by atoms with E-state index in [1.807, 2.05) is 0 Å². The van der Waals surface area contributed by atoms with Crippen molar-refractivity contribution in [1.29, 1.82) is 0 Å². The number of Topliss-reactive ketones (excluding diaryl/α,β-unsaturated/α-hetero) is 1. The summed E-state index contributed by atoms with van der Waals surface area (Å²) in [6, 6.07) is 4.94. The highest BCUT2D eigenvalue weighted by atomic mass is 35.5. The molecule has 5 nitrogen and oxygen atoms in total. The summed E-state index contributed by atoms with van der Waals surface area (Å²) in [5, 5.41) is 11.4. The molecule has 1 aliphatic heterocycles. The van der Waals surface area contributed by atoms with Crippen LogP contribution in [0.15, 0.2) is 42.1 Å². The Bertz CT molecular complexity index is 754. The van der Waals surface area contributed by atoms with Crippen molar-refractivity contribution >= 4 is 17.4 Å². The largest absolute Gasteiger partial charge is 0.488 e. The number of hydrogen-bond acceptors (Lipinski definition) is 4. The van der Waals surface area contributed by atoms with Crippen LogP contribution in [0.1, 0.15) is 16.8 Å². The van der Waals surface area contributed by atoms with Crippen LogP contribution in [0.4, 0.5) is 0 Å². The van der Waals surface area contributed by atoms with Crippen molar-refractivity contribution in [2.75, 3.05) is 0 Å². The third-order valence-corrected chi connectivity index (χ3v) is 4.67. The van der Waals surface area contributed by atoms with Crippen molar-refractivity contribution in [3.8, 4) is 5.75 Å². The molecule has 6 heteroatoms. The van der Waals surface area contributed by atoms with Crippen molar-refractivity contribution in [2.24, 2.45) is 11.3 Å². The molecule has 0 aromatic heterocycles. The van der Waals surface area contributed by atoms with Crippen molar-refractivity contribution < 1.29 is 14.5 Å². The number of benzene rings is 1. The summed E-state index contributed by atoms with van der Waals surface area (Å²) in [7, 11) is 0. The first kappa shape index (κ1) is 12.6. The zero-order valence-electron chi connectivity index (χ0n) is 10.8. The summed E-state index contributed by atoms with van der Waals surface area (Å²) >= 11 is 5.93. The zero-order valence-corrected chi connectivity index (χ0v) is 11.5. The molecule has 106 valence electrons. The third-order valence-electron chi connectivity index (χ3n) is 4.43. The van der Waals surface area contributed by atoms with E-state index in [0.717, 1.165) is 0 Å². The van der Waals surface area contributed by atoms with E-state index in [1.165, 1.54) is 6.08 Å². The minimum absolute atomic E-state index is 0.0224. The molecule has 1 spiro atoms. The van der Waals surface area contributed by atoms with E-state index in [0.29, 0.717) is 22.8 Å². The van der Waals surface area contributed by atoms with Gasteiger partial charge >= 0.3 is 0 Å². The van der Waals surface area contributed by atoms with Crippen LogP contribution in [0.2, 0.25) is 5.02 Å². The quantitative estimate of drug-likeness (QED) is 0.590. The average molecular weight is 304 g/mol. The van der Waals surface area contributed by atoms with E-state index in [-0.39, 0.29) is 23.5 Å². The lowest BCUT2D eigenvalue weighted by Crippen LogP contribution is -2.17. The second-order valence-corrected chi connectivity index (χ2v) is 6.00. The first-order valence-electron chi connectivity index (χ1n) is 6.57. The van der Waals surface area contributed by atoms with Gasteiger partial charge in [-0.3, -0.25) is 14.9 Å². The maximum absolute atomic E-state index is 12.6. The smallest absolute Gasteiger partial charge is 0.265 e. The van der Waals surface area contributed by atoms with Crippen LogP contribution >= 0.6 is 11.6 Å². The number of rotatable bonds is 1. The fourth-order valence-electron chi connectivity index (χ4n) is 3.38. The molecule has 1 fully saturated rings. The molecule has 1 aromatic rings. The predicted octanol–water partition coefficient (Wildman–Crippen LogP) is 3.02. The maximum Gasteiger partial charge on any atom is 0.265 e. The molecule has 21 heavy (non-hydrogen) atoms. The fourth-order valence-corrected chi connectivity index (χ4v) is 3.55. The van der Waals surface area contributed by atoms with Crippen molar-refractivity contribution in [3.05, 3.63) is 62.8 Å². The van der Waals surface area contributed by atoms with E-state index < -0.39 is 10.3 Å². The van der Waals surface area contributed by atoms with Crippen molar-refractivity contribution in [1.82, 2.24) is 0 Å². The SMILES string of the molecule is O=C1c2cc(Cl)ccc2O[C@@H]2[C@H]1C21C=C([N+](=O)[O-])C=CC1. The number of fused-ring (bicyclic) bond motifs is 4. The molecule has 0 bridgehead atoms. The molecule has 0 N–H and O–H groups in total. The second-order valence-electron chi connectivity index (χ2n) is 5.57. The Labute approximate surface area is 125 Å². The number of allylic oxidation sites excluding steroid dienone is 2. The van der Waals surface area contributed by atoms with E-state index in [9.17, 15) is 14.9 Å². The van der Waals surface area contributed by atoms with Crippen LogP contribution < -0.4 is 4.74 Å². The van der Waals surface area contributed by atoms with Gasteiger partial charge in [0.05, 0.1) is 21.8 Å². The Morgan fingerprint density at radius 1 is 1.43 bits per heavy atom. The molecule has 1 heterocycles. The van der Waals surface area contributed by atoms with Crippen LogP contribution in [0.3, 0.4) is 0 Å². The molecule has 1 aromatic carbocycles. The van der Waals surface area contributed by atoms with Crippen LogP contribution in [0.25, 0.3) is 0 Å². The van der Waals surface area contributed by atoms with Gasteiger partial charge in [-0.1, -0.05) is 17.7 Å². The number of nitro groups is 1. The highest BCUT2D eigenvalue weighted by Gasteiger charge is 2.71. The monoisotopic (exact) mass is 303 g/mol. The Hall–Kier alpha value is -2.14. The van der Waals surface area contributed by atoms with E-state index in [4.69, 9.17) is 16.3 Å². The topological polar surface area (TPSA) is 69.4 Å². The van der Waals surface area contributed by atoms with Gasteiger partial charge in [0.15, 0.2) is 5.78 Å². The highest BCUT2D eigenvalue weighted by Crippen LogP contribution is 2.63. The Balaban J connectivity index is 1.75. The number of nitrogens with zero attached hydrogens (tertiary/aromatic N) is 1. The lowest BCUT2D eigenvalue weighted by molar-refractivity contribution is -0.419. The summed E-state index contributed by atoms with van der Waals surface area (Å²) in [5.74, 6) is 0.106. The zero-order chi connectivity index (χ0) is 14.8. The van der Waals surface area contributed by atoms with Gasteiger partial charge in [-0.05, 0) is 24.6 Å². The van der Waals surface area contributed by atoms with Crippen molar-refractivity contribution in [3.63, 3.8) is 0 Å². The molecule has 1 unspecified atom stereocenters. The number of halogens is 1. The van der Waals surface area contributed by atoms with Gasteiger partial charge in [0.2, 0.25) is 0 Å². The summed E-state index contributed by atoms with van der Waals surface area (Å²) in [4.78, 5) is 23.1. The minimum Gasteiger partial charge on any atom is -0.488 e. The van der Waals surface area contributed by atoms with Gasteiger partial charge in [0, 0.05) is 17.2 Å². The molecule has 0 saturated heterocycles.